The number of pyridine rings is 1. The Labute approximate surface area is 140 Å². The molecule has 2 heterocycles. The molecule has 24 heavy (non-hydrogen) atoms. The largest absolute Gasteiger partial charge is 0.478 e. The highest BCUT2D eigenvalue weighted by molar-refractivity contribution is 5.98. The lowest BCUT2D eigenvalue weighted by Crippen LogP contribution is -2.44. The summed E-state index contributed by atoms with van der Waals surface area (Å²) in [6.45, 7) is 4.37. The molecule has 0 fully saturated rings. The van der Waals surface area contributed by atoms with Crippen molar-refractivity contribution in [2.75, 3.05) is 6.54 Å². The second-order valence-electron chi connectivity index (χ2n) is 5.83. The zero-order chi connectivity index (χ0) is 17.1. The topological polar surface area (TPSA) is 80.3 Å². The van der Waals surface area contributed by atoms with E-state index in [4.69, 9.17) is 4.74 Å². The van der Waals surface area contributed by atoms with Gasteiger partial charge >= 0.3 is 0 Å². The first-order valence-corrected chi connectivity index (χ1v) is 7.77. The maximum atomic E-state index is 12.4. The molecule has 1 unspecified atom stereocenters. The summed E-state index contributed by atoms with van der Waals surface area (Å²) in [6, 6.07) is 7.28. The van der Waals surface area contributed by atoms with Crippen molar-refractivity contribution in [2.45, 2.75) is 26.5 Å². The van der Waals surface area contributed by atoms with E-state index in [-0.39, 0.29) is 18.4 Å². The Balaban J connectivity index is 1.74. The summed E-state index contributed by atoms with van der Waals surface area (Å²) in [5, 5.41) is 5.55. The maximum Gasteiger partial charge on any atom is 0.263 e. The predicted octanol–water partition coefficient (Wildman–Crippen LogP) is 1.51. The van der Waals surface area contributed by atoms with E-state index < -0.39 is 6.10 Å². The Bertz CT molecular complexity index is 775. The van der Waals surface area contributed by atoms with Crippen LogP contribution in [0.4, 0.5) is 0 Å². The van der Waals surface area contributed by atoms with Crippen LogP contribution in [0, 0.1) is 13.8 Å². The van der Waals surface area contributed by atoms with E-state index in [1.807, 2.05) is 26.0 Å². The quantitative estimate of drug-likeness (QED) is 0.896. The van der Waals surface area contributed by atoms with Gasteiger partial charge in [-0.1, -0.05) is 6.07 Å². The third-order valence-electron chi connectivity index (χ3n) is 4.04. The van der Waals surface area contributed by atoms with Gasteiger partial charge in [0.15, 0.2) is 6.10 Å². The number of hydrogen-bond donors (Lipinski definition) is 2. The fourth-order valence-corrected chi connectivity index (χ4v) is 2.49. The van der Waals surface area contributed by atoms with E-state index in [1.54, 1.807) is 24.5 Å². The standard InChI is InChI=1S/C18H19N3O3/c1-11-6-14-15(7-12(11)2)24-16(10-21-17(14)22)18(23)20-9-13-4-3-5-19-8-13/h3-8,16H,9-10H2,1-2H3,(H,20,23)(H,21,22). The molecular formula is C18H19N3O3. The number of amides is 2. The van der Waals surface area contributed by atoms with Crippen molar-refractivity contribution in [3.8, 4) is 5.75 Å². The van der Waals surface area contributed by atoms with Crippen LogP contribution in [0.15, 0.2) is 36.7 Å². The summed E-state index contributed by atoms with van der Waals surface area (Å²) in [6.07, 6.45) is 2.60. The molecule has 6 nitrogen and oxygen atoms in total. The van der Waals surface area contributed by atoms with Crippen LogP contribution in [0.1, 0.15) is 27.0 Å². The molecular weight excluding hydrogens is 306 g/mol. The summed E-state index contributed by atoms with van der Waals surface area (Å²) in [5.41, 5.74) is 3.38. The third-order valence-corrected chi connectivity index (χ3v) is 4.04. The van der Waals surface area contributed by atoms with E-state index in [1.165, 1.54) is 0 Å². The zero-order valence-corrected chi connectivity index (χ0v) is 13.6. The average Bonchev–Trinajstić information content (AvgIpc) is 2.74. The van der Waals surface area contributed by atoms with Crippen molar-refractivity contribution in [3.63, 3.8) is 0 Å². The first-order valence-electron chi connectivity index (χ1n) is 7.77. The SMILES string of the molecule is Cc1cc2c(cc1C)C(=O)NCC(C(=O)NCc1cccnc1)O2. The van der Waals surface area contributed by atoms with Crippen molar-refractivity contribution in [1.29, 1.82) is 0 Å². The molecule has 0 saturated carbocycles. The molecule has 6 heteroatoms. The summed E-state index contributed by atoms with van der Waals surface area (Å²) in [4.78, 5) is 28.6. The number of carbonyl (C=O) groups excluding carboxylic acids is 2. The molecule has 1 atom stereocenters. The van der Waals surface area contributed by atoms with E-state index in [9.17, 15) is 9.59 Å². The Morgan fingerprint density at radius 3 is 2.92 bits per heavy atom. The number of benzene rings is 1. The van der Waals surface area contributed by atoms with Gasteiger partial charge in [0.2, 0.25) is 0 Å². The van der Waals surface area contributed by atoms with Crippen LogP contribution in [0.5, 0.6) is 5.75 Å². The van der Waals surface area contributed by atoms with Gasteiger partial charge in [0.05, 0.1) is 12.1 Å². The van der Waals surface area contributed by atoms with Gasteiger partial charge in [-0.3, -0.25) is 14.6 Å². The van der Waals surface area contributed by atoms with Crippen LogP contribution in [0.25, 0.3) is 0 Å². The fraction of sp³-hybridized carbons (Fsp3) is 0.278. The number of aryl methyl sites for hydroxylation is 2. The zero-order valence-electron chi connectivity index (χ0n) is 13.6. The van der Waals surface area contributed by atoms with Gasteiger partial charge in [-0.25, -0.2) is 0 Å². The van der Waals surface area contributed by atoms with E-state index >= 15 is 0 Å². The molecule has 1 aromatic heterocycles. The lowest BCUT2D eigenvalue weighted by atomic mass is 10.0. The van der Waals surface area contributed by atoms with Crippen LogP contribution in [-0.4, -0.2) is 29.4 Å². The number of fused-ring (bicyclic) bond motifs is 1. The van der Waals surface area contributed by atoms with Gasteiger partial charge in [-0.15, -0.1) is 0 Å². The monoisotopic (exact) mass is 325 g/mol. The van der Waals surface area contributed by atoms with Crippen molar-refractivity contribution in [1.82, 2.24) is 15.6 Å². The van der Waals surface area contributed by atoms with Gasteiger partial charge < -0.3 is 15.4 Å². The van der Waals surface area contributed by atoms with Crippen molar-refractivity contribution in [2.24, 2.45) is 0 Å². The van der Waals surface area contributed by atoms with Gasteiger partial charge in [0.25, 0.3) is 11.8 Å². The van der Waals surface area contributed by atoms with E-state index in [0.717, 1.165) is 16.7 Å². The van der Waals surface area contributed by atoms with Crippen molar-refractivity contribution in [3.05, 3.63) is 58.9 Å². The number of aromatic nitrogens is 1. The molecule has 0 radical (unpaired) electrons. The minimum atomic E-state index is -0.769. The highest BCUT2D eigenvalue weighted by atomic mass is 16.5. The Kier molecular flexibility index (Phi) is 4.46. The number of nitrogens with zero attached hydrogens (tertiary/aromatic N) is 1. The van der Waals surface area contributed by atoms with E-state index in [0.29, 0.717) is 17.9 Å². The highest BCUT2D eigenvalue weighted by Gasteiger charge is 2.28. The summed E-state index contributed by atoms with van der Waals surface area (Å²) in [5.74, 6) is -0.0597. The molecule has 124 valence electrons. The molecule has 1 aromatic carbocycles. The second-order valence-corrected chi connectivity index (χ2v) is 5.83. The van der Waals surface area contributed by atoms with Gasteiger partial charge in [-0.2, -0.15) is 0 Å². The number of carbonyl (C=O) groups is 2. The first kappa shape index (κ1) is 16.0. The molecule has 0 saturated heterocycles. The van der Waals surface area contributed by atoms with Crippen LogP contribution < -0.4 is 15.4 Å². The smallest absolute Gasteiger partial charge is 0.263 e. The van der Waals surface area contributed by atoms with Crippen LogP contribution in [0.3, 0.4) is 0 Å². The molecule has 2 N–H and O–H groups in total. The Hall–Kier alpha value is -2.89. The highest BCUT2D eigenvalue weighted by Crippen LogP contribution is 2.26. The third kappa shape index (κ3) is 3.37. The van der Waals surface area contributed by atoms with Crippen LogP contribution in [-0.2, 0) is 11.3 Å². The number of ether oxygens (including phenoxy) is 1. The molecule has 1 aliphatic rings. The predicted molar refractivity (Wildman–Crippen MR) is 88.7 cm³/mol. The molecule has 1 aliphatic heterocycles. The second kappa shape index (κ2) is 6.70. The average molecular weight is 325 g/mol. The molecule has 0 spiro atoms. The van der Waals surface area contributed by atoms with Crippen molar-refractivity contribution < 1.29 is 14.3 Å². The van der Waals surface area contributed by atoms with Crippen LogP contribution in [0.2, 0.25) is 0 Å². The summed E-state index contributed by atoms with van der Waals surface area (Å²) in [7, 11) is 0. The summed E-state index contributed by atoms with van der Waals surface area (Å²) < 4.78 is 5.80. The lowest BCUT2D eigenvalue weighted by molar-refractivity contribution is -0.127. The van der Waals surface area contributed by atoms with Crippen LogP contribution >= 0.6 is 0 Å². The Morgan fingerprint density at radius 1 is 1.38 bits per heavy atom. The first-order chi connectivity index (χ1) is 11.5. The maximum absolute atomic E-state index is 12.4. The minimum Gasteiger partial charge on any atom is -0.478 e. The fourth-order valence-electron chi connectivity index (χ4n) is 2.49. The Morgan fingerprint density at radius 2 is 2.17 bits per heavy atom. The lowest BCUT2D eigenvalue weighted by Gasteiger charge is -2.17. The molecule has 3 rings (SSSR count). The number of hydrogen-bond acceptors (Lipinski definition) is 4. The number of rotatable bonds is 3. The minimum absolute atomic E-state index is 0.129. The van der Waals surface area contributed by atoms with Crippen molar-refractivity contribution >= 4 is 11.8 Å². The number of nitrogens with one attached hydrogen (secondary N) is 2. The van der Waals surface area contributed by atoms with E-state index in [2.05, 4.69) is 15.6 Å². The molecule has 0 bridgehead atoms. The normalized spacial score (nSPS) is 16.4. The molecule has 0 aliphatic carbocycles. The van der Waals surface area contributed by atoms with Gasteiger partial charge in [0.1, 0.15) is 5.75 Å². The van der Waals surface area contributed by atoms with Gasteiger partial charge in [0, 0.05) is 18.9 Å². The summed E-state index contributed by atoms with van der Waals surface area (Å²) >= 11 is 0. The van der Waals surface area contributed by atoms with Gasteiger partial charge in [-0.05, 0) is 48.7 Å². The molecule has 2 amide bonds. The molecule has 2 aromatic rings.